The molecule has 0 saturated heterocycles. The largest absolute Gasteiger partial charge is 0.314 e. The number of amides is 1. The van der Waals surface area contributed by atoms with Gasteiger partial charge in [0.25, 0.3) is 0 Å². The number of aryl methyl sites for hydroxylation is 1. The minimum Gasteiger partial charge on any atom is -0.314 e. The lowest BCUT2D eigenvalue weighted by Gasteiger charge is -2.18. The van der Waals surface area contributed by atoms with E-state index in [-0.39, 0.29) is 11.3 Å². The van der Waals surface area contributed by atoms with Crippen LogP contribution in [0.2, 0.25) is 0 Å². The summed E-state index contributed by atoms with van der Waals surface area (Å²) in [4.78, 5) is 13.9. The van der Waals surface area contributed by atoms with E-state index in [9.17, 15) is 4.79 Å². The van der Waals surface area contributed by atoms with E-state index in [1.165, 1.54) is 11.1 Å². The van der Waals surface area contributed by atoms with Crippen molar-refractivity contribution in [1.29, 1.82) is 0 Å². The van der Waals surface area contributed by atoms with Crippen molar-refractivity contribution in [3.63, 3.8) is 0 Å². The Hall–Kier alpha value is -1.31. The van der Waals surface area contributed by atoms with E-state index in [1.54, 1.807) is 4.90 Å². The molecule has 0 aliphatic carbocycles. The Morgan fingerprint density at radius 2 is 2.00 bits per heavy atom. The number of carbonyl (C=O) groups excluding carboxylic acids is 1. The molecular weight excluding hydrogens is 186 g/mol. The maximum Gasteiger partial charge on any atom is 0.236 e. The molecular formula is C13H17NO. The molecule has 0 bridgehead atoms. The molecule has 1 aliphatic rings. The molecule has 0 atom stereocenters. The average molecular weight is 203 g/mol. The van der Waals surface area contributed by atoms with Crippen LogP contribution in [0.4, 0.5) is 5.69 Å². The quantitative estimate of drug-likeness (QED) is 0.686. The molecule has 0 spiro atoms. The molecule has 1 aromatic carbocycles. The van der Waals surface area contributed by atoms with Gasteiger partial charge < -0.3 is 4.90 Å². The van der Waals surface area contributed by atoms with Crippen LogP contribution in [-0.4, -0.2) is 13.0 Å². The molecule has 1 aromatic rings. The van der Waals surface area contributed by atoms with Crippen molar-refractivity contribution in [2.75, 3.05) is 11.9 Å². The first-order chi connectivity index (χ1) is 7.00. The van der Waals surface area contributed by atoms with Crippen LogP contribution in [0.15, 0.2) is 18.2 Å². The van der Waals surface area contributed by atoms with E-state index in [0.29, 0.717) is 0 Å². The molecule has 15 heavy (non-hydrogen) atoms. The fourth-order valence-electron chi connectivity index (χ4n) is 2.52. The van der Waals surface area contributed by atoms with E-state index in [2.05, 4.69) is 13.0 Å². The topological polar surface area (TPSA) is 20.3 Å². The van der Waals surface area contributed by atoms with Gasteiger partial charge in [-0.05, 0) is 37.5 Å². The lowest BCUT2D eigenvalue weighted by atomic mass is 9.82. The molecule has 0 saturated carbocycles. The van der Waals surface area contributed by atoms with Crippen LogP contribution in [-0.2, 0) is 16.6 Å². The van der Waals surface area contributed by atoms with Crippen LogP contribution in [0.3, 0.4) is 0 Å². The average Bonchev–Trinajstić information content (AvgIpc) is 2.41. The molecule has 0 unspecified atom stereocenters. The maximum absolute atomic E-state index is 12.1. The van der Waals surface area contributed by atoms with Crippen LogP contribution >= 0.6 is 0 Å². The fraction of sp³-hybridized carbons (Fsp3) is 0.462. The minimum absolute atomic E-state index is 0.193. The summed E-state index contributed by atoms with van der Waals surface area (Å²) in [6.07, 6.45) is 0.980. The lowest BCUT2D eigenvalue weighted by Crippen LogP contribution is -2.33. The highest BCUT2D eigenvalue weighted by atomic mass is 16.2. The van der Waals surface area contributed by atoms with Gasteiger partial charge in [0.1, 0.15) is 0 Å². The summed E-state index contributed by atoms with van der Waals surface area (Å²) in [5.41, 5.74) is 3.20. The third-order valence-electron chi connectivity index (χ3n) is 3.34. The molecule has 0 radical (unpaired) electrons. The van der Waals surface area contributed by atoms with Gasteiger partial charge in [-0.3, -0.25) is 4.79 Å². The Kier molecular flexibility index (Phi) is 2.10. The molecule has 0 N–H and O–H groups in total. The third-order valence-corrected chi connectivity index (χ3v) is 3.34. The fourth-order valence-corrected chi connectivity index (χ4v) is 2.52. The van der Waals surface area contributed by atoms with E-state index < -0.39 is 0 Å². The molecule has 1 aliphatic heterocycles. The first kappa shape index (κ1) is 10.2. The number of hydrogen-bond acceptors (Lipinski definition) is 1. The Labute approximate surface area is 90.9 Å². The second-order valence-electron chi connectivity index (χ2n) is 4.65. The molecule has 2 rings (SSSR count). The van der Waals surface area contributed by atoms with E-state index >= 15 is 0 Å². The lowest BCUT2D eigenvalue weighted by molar-refractivity contribution is -0.121. The Morgan fingerprint density at radius 3 is 2.60 bits per heavy atom. The van der Waals surface area contributed by atoms with Gasteiger partial charge in [0.05, 0.1) is 5.41 Å². The third kappa shape index (κ3) is 1.21. The monoisotopic (exact) mass is 203 g/mol. The predicted octanol–water partition coefficient (Wildman–Crippen LogP) is 2.50. The van der Waals surface area contributed by atoms with Crippen LogP contribution in [0.5, 0.6) is 0 Å². The maximum atomic E-state index is 12.1. The summed E-state index contributed by atoms with van der Waals surface area (Å²) in [6.45, 7) is 6.15. The van der Waals surface area contributed by atoms with E-state index in [0.717, 1.165) is 12.1 Å². The summed E-state index contributed by atoms with van der Waals surface area (Å²) in [5.74, 6) is 0.193. The minimum atomic E-state index is -0.364. The molecule has 2 nitrogen and oxygen atoms in total. The van der Waals surface area contributed by atoms with Crippen molar-refractivity contribution < 1.29 is 4.79 Å². The van der Waals surface area contributed by atoms with Gasteiger partial charge in [0.15, 0.2) is 0 Å². The first-order valence-electron chi connectivity index (χ1n) is 5.40. The first-order valence-corrected chi connectivity index (χ1v) is 5.40. The van der Waals surface area contributed by atoms with Gasteiger partial charge in [-0.1, -0.05) is 19.1 Å². The molecule has 0 aromatic heterocycles. The number of hydrogen-bond donors (Lipinski definition) is 0. The standard InChI is InChI=1S/C13H17NO/c1-5-9-7-6-8-10-11(9)13(2,3)12(15)14(10)4/h6-8H,5H2,1-4H3. The zero-order chi connectivity index (χ0) is 11.2. The van der Waals surface area contributed by atoms with E-state index in [4.69, 9.17) is 0 Å². The normalized spacial score (nSPS) is 18.1. The Bertz CT molecular complexity index is 421. The van der Waals surface area contributed by atoms with Crippen LogP contribution in [0, 0.1) is 0 Å². The number of nitrogens with zero attached hydrogens (tertiary/aromatic N) is 1. The van der Waals surface area contributed by atoms with Gasteiger partial charge in [0.2, 0.25) is 5.91 Å². The van der Waals surface area contributed by atoms with Crippen molar-refractivity contribution in [1.82, 2.24) is 0 Å². The second-order valence-corrected chi connectivity index (χ2v) is 4.65. The molecule has 1 amide bonds. The number of rotatable bonds is 1. The highest BCUT2D eigenvalue weighted by Crippen LogP contribution is 2.42. The number of carbonyl (C=O) groups is 1. The predicted molar refractivity (Wildman–Crippen MR) is 62.3 cm³/mol. The number of fused-ring (bicyclic) bond motifs is 1. The number of likely N-dealkylation sites (N-methyl/N-ethyl adjacent to an activating group) is 1. The van der Waals surface area contributed by atoms with Crippen molar-refractivity contribution >= 4 is 11.6 Å². The van der Waals surface area contributed by atoms with Gasteiger partial charge in [-0.15, -0.1) is 0 Å². The van der Waals surface area contributed by atoms with Crippen molar-refractivity contribution in [2.45, 2.75) is 32.6 Å². The Morgan fingerprint density at radius 1 is 1.33 bits per heavy atom. The summed E-state index contributed by atoms with van der Waals surface area (Å²) in [5, 5.41) is 0. The van der Waals surface area contributed by atoms with Gasteiger partial charge in [-0.2, -0.15) is 0 Å². The highest BCUT2D eigenvalue weighted by Gasteiger charge is 2.43. The molecule has 1 heterocycles. The van der Waals surface area contributed by atoms with Crippen molar-refractivity contribution in [3.05, 3.63) is 29.3 Å². The summed E-state index contributed by atoms with van der Waals surface area (Å²) in [6, 6.07) is 6.18. The smallest absolute Gasteiger partial charge is 0.236 e. The molecule has 80 valence electrons. The van der Waals surface area contributed by atoms with Crippen molar-refractivity contribution in [2.24, 2.45) is 0 Å². The van der Waals surface area contributed by atoms with Crippen LogP contribution in [0.25, 0.3) is 0 Å². The van der Waals surface area contributed by atoms with Gasteiger partial charge in [-0.25, -0.2) is 0 Å². The van der Waals surface area contributed by atoms with Crippen molar-refractivity contribution in [3.8, 4) is 0 Å². The number of anilines is 1. The SMILES string of the molecule is CCc1cccc2c1C(C)(C)C(=O)N2C. The molecule has 2 heteroatoms. The zero-order valence-corrected chi connectivity index (χ0v) is 9.79. The zero-order valence-electron chi connectivity index (χ0n) is 9.79. The molecule has 0 fully saturated rings. The summed E-state index contributed by atoms with van der Waals surface area (Å²) in [7, 11) is 1.86. The second kappa shape index (κ2) is 3.09. The van der Waals surface area contributed by atoms with E-state index in [1.807, 2.05) is 33.0 Å². The van der Waals surface area contributed by atoms with Crippen LogP contribution in [0.1, 0.15) is 31.9 Å². The Balaban J connectivity index is 2.72. The summed E-state index contributed by atoms with van der Waals surface area (Å²) >= 11 is 0. The van der Waals surface area contributed by atoms with Gasteiger partial charge in [0, 0.05) is 12.7 Å². The summed E-state index contributed by atoms with van der Waals surface area (Å²) < 4.78 is 0. The number of benzene rings is 1. The highest BCUT2D eigenvalue weighted by molar-refractivity contribution is 6.07. The van der Waals surface area contributed by atoms with Crippen LogP contribution < -0.4 is 4.90 Å². The van der Waals surface area contributed by atoms with Gasteiger partial charge >= 0.3 is 0 Å².